The quantitative estimate of drug-likeness (QED) is 0.794. The number of hydrogen-bond acceptors (Lipinski definition) is 3. The van der Waals surface area contributed by atoms with Gasteiger partial charge in [0.2, 0.25) is 5.75 Å². The molecule has 1 fully saturated rings. The van der Waals surface area contributed by atoms with E-state index in [2.05, 4.69) is 29.8 Å². The van der Waals surface area contributed by atoms with E-state index >= 15 is 0 Å². The van der Waals surface area contributed by atoms with Crippen molar-refractivity contribution in [3.63, 3.8) is 0 Å². The van der Waals surface area contributed by atoms with Gasteiger partial charge in [-0.1, -0.05) is 35.8 Å². The van der Waals surface area contributed by atoms with E-state index in [0.717, 1.165) is 6.42 Å². The Kier molecular flexibility index (Phi) is 3.76. The highest BCUT2D eigenvalue weighted by molar-refractivity contribution is 9.09. The summed E-state index contributed by atoms with van der Waals surface area (Å²) in [5, 5.41) is 0. The Morgan fingerprint density at radius 3 is 2.11 bits per heavy atom. The molecule has 3 nitrogen and oxygen atoms in total. The minimum Gasteiger partial charge on any atom is -0.493 e. The van der Waals surface area contributed by atoms with Crippen molar-refractivity contribution in [2.24, 2.45) is 5.41 Å². The van der Waals surface area contributed by atoms with Crippen LogP contribution in [0.2, 0.25) is 0 Å². The van der Waals surface area contributed by atoms with Gasteiger partial charge in [0.15, 0.2) is 11.5 Å². The third-order valence-electron chi connectivity index (χ3n) is 3.70. The van der Waals surface area contributed by atoms with Crippen LogP contribution in [-0.2, 0) is 0 Å². The minimum atomic E-state index is 0.117. The molecule has 0 bridgehead atoms. The van der Waals surface area contributed by atoms with Crippen LogP contribution in [0.4, 0.5) is 0 Å². The van der Waals surface area contributed by atoms with Crippen LogP contribution in [0, 0.1) is 5.41 Å². The van der Waals surface area contributed by atoms with Crippen molar-refractivity contribution in [1.82, 2.24) is 0 Å². The van der Waals surface area contributed by atoms with Gasteiger partial charge in [-0.15, -0.1) is 0 Å². The number of ether oxygens (including phenoxy) is 3. The Bertz CT molecular complexity index is 409. The predicted octanol–water partition coefficient (Wildman–Crippen LogP) is 3.64. The highest BCUT2D eigenvalue weighted by Gasteiger charge is 2.49. The molecule has 0 radical (unpaired) electrons. The summed E-state index contributed by atoms with van der Waals surface area (Å²) in [4.78, 5) is 0.496. The number of methoxy groups -OCH3 is 2. The molecule has 0 heterocycles. The first kappa shape index (κ1) is 13.5. The fraction of sp³-hybridized carbons (Fsp3) is 0.571. The second-order valence-electron chi connectivity index (χ2n) is 5.12. The summed E-state index contributed by atoms with van der Waals surface area (Å²) < 4.78 is 16.8. The van der Waals surface area contributed by atoms with Crippen molar-refractivity contribution in [3.05, 3.63) is 18.2 Å². The summed E-state index contributed by atoms with van der Waals surface area (Å²) in [6.07, 6.45) is 1.17. The standard InChI is InChI=1S/C14H19BrO3/c1-14(2)11(15)8-12(14)18-13-9(16-3)6-5-7-10(13)17-4/h5-7,11-12H,8H2,1-4H3. The Morgan fingerprint density at radius 2 is 1.72 bits per heavy atom. The van der Waals surface area contributed by atoms with E-state index in [4.69, 9.17) is 14.2 Å². The lowest BCUT2D eigenvalue weighted by Gasteiger charge is -2.48. The third kappa shape index (κ3) is 2.18. The molecule has 1 aliphatic rings. The molecule has 1 aromatic rings. The first-order valence-electron chi connectivity index (χ1n) is 6.02. The van der Waals surface area contributed by atoms with E-state index in [1.165, 1.54) is 0 Å². The van der Waals surface area contributed by atoms with Crippen molar-refractivity contribution in [2.75, 3.05) is 14.2 Å². The first-order valence-corrected chi connectivity index (χ1v) is 6.94. The zero-order chi connectivity index (χ0) is 13.3. The zero-order valence-corrected chi connectivity index (χ0v) is 12.8. The maximum absolute atomic E-state index is 6.10. The Balaban J connectivity index is 2.24. The summed E-state index contributed by atoms with van der Waals surface area (Å²) in [5.41, 5.74) is 0.117. The Labute approximate surface area is 117 Å². The summed E-state index contributed by atoms with van der Waals surface area (Å²) in [6, 6.07) is 5.66. The number of rotatable bonds is 4. The van der Waals surface area contributed by atoms with Crippen molar-refractivity contribution in [1.29, 1.82) is 0 Å². The van der Waals surface area contributed by atoms with Gasteiger partial charge in [0.25, 0.3) is 0 Å². The van der Waals surface area contributed by atoms with Gasteiger partial charge < -0.3 is 14.2 Å². The molecule has 2 rings (SSSR count). The molecule has 1 aromatic carbocycles. The highest BCUT2D eigenvalue weighted by Crippen LogP contribution is 2.49. The van der Waals surface area contributed by atoms with Gasteiger partial charge in [0.05, 0.1) is 14.2 Å². The SMILES string of the molecule is COc1cccc(OC)c1OC1CC(Br)C1(C)C. The van der Waals surface area contributed by atoms with Crippen LogP contribution in [0.15, 0.2) is 18.2 Å². The van der Waals surface area contributed by atoms with Crippen LogP contribution in [0.3, 0.4) is 0 Å². The normalized spacial score (nSPS) is 25.2. The smallest absolute Gasteiger partial charge is 0.203 e. The van der Waals surface area contributed by atoms with Crippen molar-refractivity contribution < 1.29 is 14.2 Å². The van der Waals surface area contributed by atoms with Crippen LogP contribution in [0.1, 0.15) is 20.3 Å². The van der Waals surface area contributed by atoms with E-state index in [9.17, 15) is 0 Å². The molecule has 2 unspecified atom stereocenters. The summed E-state index contributed by atoms with van der Waals surface area (Å²) >= 11 is 3.66. The monoisotopic (exact) mass is 314 g/mol. The molecule has 0 saturated heterocycles. The van der Waals surface area contributed by atoms with Gasteiger partial charge in [-0.3, -0.25) is 0 Å². The molecule has 2 atom stereocenters. The average Bonchev–Trinajstić information content (AvgIpc) is 2.38. The van der Waals surface area contributed by atoms with E-state index < -0.39 is 0 Å². The second-order valence-corrected chi connectivity index (χ2v) is 6.23. The molecule has 0 spiro atoms. The van der Waals surface area contributed by atoms with Gasteiger partial charge in [-0.05, 0) is 18.6 Å². The lowest BCUT2D eigenvalue weighted by Crippen LogP contribution is -2.53. The molecule has 0 aromatic heterocycles. The molecule has 0 amide bonds. The molecule has 1 aliphatic carbocycles. The number of alkyl halides is 1. The molecule has 0 N–H and O–H groups in total. The highest BCUT2D eigenvalue weighted by atomic mass is 79.9. The van der Waals surface area contributed by atoms with Crippen LogP contribution < -0.4 is 14.2 Å². The maximum Gasteiger partial charge on any atom is 0.203 e. The lowest BCUT2D eigenvalue weighted by atomic mass is 9.69. The molecule has 4 heteroatoms. The predicted molar refractivity (Wildman–Crippen MR) is 75.1 cm³/mol. The maximum atomic E-state index is 6.10. The summed E-state index contributed by atoms with van der Waals surface area (Å²) in [5.74, 6) is 2.12. The minimum absolute atomic E-state index is 0.117. The fourth-order valence-electron chi connectivity index (χ4n) is 2.11. The molecule has 0 aliphatic heterocycles. The summed E-state index contributed by atoms with van der Waals surface area (Å²) in [6.45, 7) is 4.39. The molecular formula is C14H19BrO3. The van der Waals surface area contributed by atoms with Gasteiger partial charge in [0.1, 0.15) is 6.10 Å². The van der Waals surface area contributed by atoms with Crippen LogP contribution in [0.5, 0.6) is 17.2 Å². The van der Waals surface area contributed by atoms with Gasteiger partial charge >= 0.3 is 0 Å². The lowest BCUT2D eigenvalue weighted by molar-refractivity contribution is -0.0108. The van der Waals surface area contributed by atoms with Gasteiger partial charge in [0, 0.05) is 10.2 Å². The number of halogens is 1. The van der Waals surface area contributed by atoms with Crippen LogP contribution in [-0.4, -0.2) is 25.2 Å². The Hall–Kier alpha value is -0.900. The third-order valence-corrected chi connectivity index (χ3v) is 5.25. The summed E-state index contributed by atoms with van der Waals surface area (Å²) in [7, 11) is 3.28. The van der Waals surface area contributed by atoms with Crippen LogP contribution in [0.25, 0.3) is 0 Å². The zero-order valence-electron chi connectivity index (χ0n) is 11.2. The largest absolute Gasteiger partial charge is 0.493 e. The molecule has 100 valence electrons. The van der Waals surface area contributed by atoms with E-state index in [1.54, 1.807) is 14.2 Å². The first-order chi connectivity index (χ1) is 8.50. The molecule has 18 heavy (non-hydrogen) atoms. The van der Waals surface area contributed by atoms with Crippen LogP contribution >= 0.6 is 15.9 Å². The number of para-hydroxylation sites is 1. The molecule has 1 saturated carbocycles. The molecular weight excluding hydrogens is 296 g/mol. The number of benzene rings is 1. The van der Waals surface area contributed by atoms with Crippen molar-refractivity contribution >= 4 is 15.9 Å². The van der Waals surface area contributed by atoms with Crippen molar-refractivity contribution in [3.8, 4) is 17.2 Å². The Morgan fingerprint density at radius 1 is 1.17 bits per heavy atom. The van der Waals surface area contributed by atoms with Gasteiger partial charge in [-0.25, -0.2) is 0 Å². The average molecular weight is 315 g/mol. The van der Waals surface area contributed by atoms with E-state index in [-0.39, 0.29) is 11.5 Å². The van der Waals surface area contributed by atoms with E-state index in [1.807, 2.05) is 18.2 Å². The van der Waals surface area contributed by atoms with E-state index in [0.29, 0.717) is 22.1 Å². The van der Waals surface area contributed by atoms with Gasteiger partial charge in [-0.2, -0.15) is 0 Å². The topological polar surface area (TPSA) is 27.7 Å². The second kappa shape index (κ2) is 5.00. The fourth-order valence-corrected chi connectivity index (χ4v) is 2.75. The number of hydrogen-bond donors (Lipinski definition) is 0. The van der Waals surface area contributed by atoms with Crippen molar-refractivity contribution in [2.45, 2.75) is 31.2 Å².